The van der Waals surface area contributed by atoms with Crippen LogP contribution in [0.3, 0.4) is 0 Å². The number of amides is 3. The number of likely N-dealkylation sites (tertiary alicyclic amines) is 1. The molecule has 4 unspecified atom stereocenters. The molecule has 30 heavy (non-hydrogen) atoms. The second-order valence-corrected chi connectivity index (χ2v) is 8.88. The third-order valence-electron chi connectivity index (χ3n) is 6.09. The van der Waals surface area contributed by atoms with Crippen molar-refractivity contribution in [2.75, 3.05) is 19.6 Å². The lowest BCUT2D eigenvalue weighted by Gasteiger charge is -2.28. The van der Waals surface area contributed by atoms with Crippen LogP contribution in [0.5, 0.6) is 0 Å². The first kappa shape index (κ1) is 21.2. The largest absolute Gasteiger partial charge is 0.391 e. The van der Waals surface area contributed by atoms with Crippen LogP contribution in [0.2, 0.25) is 0 Å². The number of rotatable bonds is 3. The summed E-state index contributed by atoms with van der Waals surface area (Å²) >= 11 is 6.02. The van der Waals surface area contributed by atoms with Gasteiger partial charge in [-0.15, -0.1) is 11.6 Å². The topological polar surface area (TPSA) is 93.7 Å². The number of nitrogens with zero attached hydrogens (tertiary/aromatic N) is 1. The third-order valence-corrected chi connectivity index (χ3v) is 6.42. The molecule has 4 atom stereocenters. The molecule has 2 heterocycles. The zero-order chi connectivity index (χ0) is 21.1. The number of carbonyl (C=O) groups is 2. The molecular formula is C22H29ClN4O3. The van der Waals surface area contributed by atoms with Gasteiger partial charge in [-0.25, -0.2) is 4.79 Å². The van der Waals surface area contributed by atoms with Gasteiger partial charge in [0.05, 0.1) is 17.5 Å². The molecule has 0 aromatic heterocycles. The second-order valence-electron chi connectivity index (χ2n) is 8.32. The van der Waals surface area contributed by atoms with Crippen molar-refractivity contribution in [3.8, 4) is 0 Å². The summed E-state index contributed by atoms with van der Waals surface area (Å²) < 4.78 is 0. The molecule has 1 saturated heterocycles. The molecule has 0 radical (unpaired) electrons. The maximum absolute atomic E-state index is 13.0. The minimum Gasteiger partial charge on any atom is -0.391 e. The molecule has 2 aliphatic carbocycles. The van der Waals surface area contributed by atoms with Gasteiger partial charge in [-0.05, 0) is 50.4 Å². The first-order valence-corrected chi connectivity index (χ1v) is 11.1. The molecule has 4 N–H and O–H groups in total. The number of halogens is 1. The summed E-state index contributed by atoms with van der Waals surface area (Å²) in [5, 5.41) is 19.3. The van der Waals surface area contributed by atoms with Crippen molar-refractivity contribution in [2.24, 2.45) is 0 Å². The Hall–Kier alpha value is -2.09. The summed E-state index contributed by atoms with van der Waals surface area (Å²) in [7, 11) is 0. The lowest BCUT2D eigenvalue weighted by Crippen LogP contribution is -2.51. The summed E-state index contributed by atoms with van der Waals surface area (Å²) in [6, 6.07) is -1.15. The first-order valence-electron chi connectivity index (χ1n) is 10.7. The van der Waals surface area contributed by atoms with Crippen molar-refractivity contribution in [1.82, 2.24) is 20.9 Å². The predicted octanol–water partition coefficient (Wildman–Crippen LogP) is 1.71. The van der Waals surface area contributed by atoms with E-state index in [2.05, 4.69) is 22.0 Å². The minimum absolute atomic E-state index is 0.0683. The van der Waals surface area contributed by atoms with Crippen LogP contribution < -0.4 is 16.0 Å². The van der Waals surface area contributed by atoms with E-state index in [-0.39, 0.29) is 36.3 Å². The number of β-amino-alcohol motifs (C(OH)–C–C–N with tert-alkyl or cyclic N) is 1. The quantitative estimate of drug-likeness (QED) is 0.511. The van der Waals surface area contributed by atoms with Crippen molar-refractivity contribution < 1.29 is 14.7 Å². The molecule has 2 aliphatic heterocycles. The van der Waals surface area contributed by atoms with Crippen LogP contribution in [0.15, 0.2) is 47.2 Å². The number of aliphatic hydroxyl groups is 1. The average Bonchev–Trinajstić information content (AvgIpc) is 2.97. The van der Waals surface area contributed by atoms with Crippen LogP contribution in [-0.2, 0) is 4.79 Å². The summed E-state index contributed by atoms with van der Waals surface area (Å²) in [5.41, 5.74) is 3.42. The Morgan fingerprint density at radius 1 is 1.20 bits per heavy atom. The Labute approximate surface area is 181 Å². The number of alkyl halides is 1. The summed E-state index contributed by atoms with van der Waals surface area (Å²) in [6.07, 6.45) is 12.6. The van der Waals surface area contributed by atoms with Gasteiger partial charge in [-0.1, -0.05) is 29.9 Å². The van der Waals surface area contributed by atoms with Gasteiger partial charge in [0, 0.05) is 18.7 Å². The van der Waals surface area contributed by atoms with Crippen molar-refractivity contribution in [2.45, 2.75) is 55.7 Å². The van der Waals surface area contributed by atoms with Gasteiger partial charge in [0.25, 0.3) is 0 Å². The molecule has 7 nitrogen and oxygen atoms in total. The summed E-state index contributed by atoms with van der Waals surface area (Å²) in [5.74, 6) is -0.221. The molecule has 0 spiro atoms. The lowest BCUT2D eigenvalue weighted by atomic mass is 9.91. The fraction of sp³-hybridized carbons (Fsp3) is 0.545. The lowest BCUT2D eigenvalue weighted by molar-refractivity contribution is -0.125. The highest BCUT2D eigenvalue weighted by Crippen LogP contribution is 2.26. The molecule has 0 aromatic rings. The van der Waals surface area contributed by atoms with E-state index < -0.39 is 12.1 Å². The highest BCUT2D eigenvalue weighted by molar-refractivity contribution is 6.22. The highest BCUT2D eigenvalue weighted by atomic mass is 35.5. The van der Waals surface area contributed by atoms with E-state index in [0.717, 1.165) is 32.4 Å². The monoisotopic (exact) mass is 432 g/mol. The van der Waals surface area contributed by atoms with E-state index >= 15 is 0 Å². The van der Waals surface area contributed by atoms with Crippen molar-refractivity contribution in [3.05, 3.63) is 47.2 Å². The van der Waals surface area contributed by atoms with Crippen molar-refractivity contribution >= 4 is 23.5 Å². The molecule has 0 bridgehead atoms. The zero-order valence-corrected chi connectivity index (χ0v) is 17.7. The Bertz CT molecular complexity index is 819. The second kappa shape index (κ2) is 9.37. The average molecular weight is 433 g/mol. The highest BCUT2D eigenvalue weighted by Gasteiger charge is 2.39. The van der Waals surface area contributed by atoms with Gasteiger partial charge in [0.1, 0.15) is 6.04 Å². The predicted molar refractivity (Wildman–Crippen MR) is 116 cm³/mol. The maximum Gasteiger partial charge on any atom is 0.322 e. The number of hydrogen-bond acceptors (Lipinski definition) is 4. The van der Waals surface area contributed by atoms with Crippen LogP contribution >= 0.6 is 11.6 Å². The van der Waals surface area contributed by atoms with Crippen molar-refractivity contribution in [1.29, 1.82) is 0 Å². The molecule has 4 rings (SSSR count). The standard InChI is InChI=1S/C22H29ClN4O3/c23-16-2-5-17(6-3-16)26-22(30)27-13-19(28)12-20(27)21(29)25-18-4-1-14-7-9-24-10-8-15(14)11-18/h1-2,4-6,16,18-20,24,28H,3,7-13H2,(H,25,29)(H,26,30). The number of allylic oxidation sites excluding steroid dienone is 4. The minimum atomic E-state index is -0.710. The van der Waals surface area contributed by atoms with Crippen LogP contribution in [0.4, 0.5) is 4.79 Å². The van der Waals surface area contributed by atoms with E-state index in [1.165, 1.54) is 16.0 Å². The van der Waals surface area contributed by atoms with Gasteiger partial charge in [-0.2, -0.15) is 0 Å². The van der Waals surface area contributed by atoms with Gasteiger partial charge in [0.15, 0.2) is 0 Å². The van der Waals surface area contributed by atoms with Crippen LogP contribution in [0.25, 0.3) is 0 Å². The van der Waals surface area contributed by atoms with Crippen molar-refractivity contribution in [3.63, 3.8) is 0 Å². The van der Waals surface area contributed by atoms with Crippen LogP contribution in [0, 0.1) is 0 Å². The Morgan fingerprint density at radius 3 is 2.83 bits per heavy atom. The third kappa shape index (κ3) is 4.96. The normalized spacial score (nSPS) is 31.1. The number of hydrogen-bond donors (Lipinski definition) is 4. The Kier molecular flexibility index (Phi) is 6.61. The fourth-order valence-electron chi connectivity index (χ4n) is 4.47. The molecular weight excluding hydrogens is 404 g/mol. The fourth-order valence-corrected chi connectivity index (χ4v) is 4.63. The summed E-state index contributed by atoms with van der Waals surface area (Å²) in [6.45, 7) is 2.09. The SMILES string of the molecule is O=C(NC1C=CC2=C(CCNCC2)C1)C1CC(O)CN1C(=O)NC1=CCC(Cl)C=C1. The first-order chi connectivity index (χ1) is 14.5. The molecule has 3 amide bonds. The van der Waals surface area contributed by atoms with E-state index in [0.29, 0.717) is 12.1 Å². The van der Waals surface area contributed by atoms with E-state index in [9.17, 15) is 14.7 Å². The smallest absolute Gasteiger partial charge is 0.322 e. The van der Waals surface area contributed by atoms with Crippen LogP contribution in [-0.4, -0.2) is 65.1 Å². The molecule has 0 aromatic carbocycles. The molecule has 162 valence electrons. The molecule has 1 fully saturated rings. The molecule has 4 aliphatic rings. The van der Waals surface area contributed by atoms with E-state index in [4.69, 9.17) is 11.6 Å². The Balaban J connectivity index is 1.36. The van der Waals surface area contributed by atoms with Gasteiger partial charge in [0.2, 0.25) is 5.91 Å². The maximum atomic E-state index is 13.0. The number of nitrogens with one attached hydrogen (secondary N) is 3. The molecule has 0 saturated carbocycles. The molecule has 8 heteroatoms. The van der Waals surface area contributed by atoms with E-state index in [1.807, 2.05) is 18.2 Å². The van der Waals surface area contributed by atoms with E-state index in [1.54, 1.807) is 6.08 Å². The number of urea groups is 1. The van der Waals surface area contributed by atoms with Crippen LogP contribution in [0.1, 0.15) is 32.1 Å². The zero-order valence-electron chi connectivity index (χ0n) is 16.9. The Morgan fingerprint density at radius 2 is 2.03 bits per heavy atom. The number of carbonyl (C=O) groups excluding carboxylic acids is 2. The van der Waals surface area contributed by atoms with Gasteiger partial charge >= 0.3 is 6.03 Å². The number of aliphatic hydroxyl groups excluding tert-OH is 1. The summed E-state index contributed by atoms with van der Waals surface area (Å²) in [4.78, 5) is 27.2. The van der Waals surface area contributed by atoms with Gasteiger partial charge in [-0.3, -0.25) is 4.79 Å². The van der Waals surface area contributed by atoms with Gasteiger partial charge < -0.3 is 26.0 Å².